The highest BCUT2D eigenvalue weighted by Gasteiger charge is 2.40. The first-order valence-corrected chi connectivity index (χ1v) is 7.05. The molecule has 4 nitrogen and oxygen atoms in total. The molecule has 18 heavy (non-hydrogen) atoms. The number of hydrogen-bond donors (Lipinski definition) is 1. The molecule has 1 spiro atoms. The van der Waals surface area contributed by atoms with E-state index in [-0.39, 0.29) is 5.60 Å². The average molecular weight is 257 g/mol. The van der Waals surface area contributed by atoms with Crippen molar-refractivity contribution in [1.82, 2.24) is 4.90 Å². The van der Waals surface area contributed by atoms with Crippen molar-refractivity contribution in [2.75, 3.05) is 33.4 Å². The Morgan fingerprint density at radius 2 is 1.94 bits per heavy atom. The van der Waals surface area contributed by atoms with Crippen LogP contribution in [0.3, 0.4) is 0 Å². The second-order valence-electron chi connectivity index (χ2n) is 6.52. The number of hydrogen-bond acceptors (Lipinski definition) is 4. The summed E-state index contributed by atoms with van der Waals surface area (Å²) in [7, 11) is 2.11. The van der Waals surface area contributed by atoms with Crippen LogP contribution in [-0.2, 0) is 9.47 Å². The van der Waals surface area contributed by atoms with Gasteiger partial charge >= 0.3 is 0 Å². The molecule has 0 aromatic heterocycles. The van der Waals surface area contributed by atoms with Gasteiger partial charge in [-0.05, 0) is 46.6 Å². The molecule has 1 N–H and O–H groups in total. The van der Waals surface area contributed by atoms with Crippen LogP contribution in [0.25, 0.3) is 0 Å². The summed E-state index contributed by atoms with van der Waals surface area (Å²) in [6.45, 7) is 6.93. The number of aliphatic hydroxyl groups is 1. The SMILES string of the molecule is CN(CC(C)(C)O)C1CCOC2(CCOCC2)C1. The van der Waals surface area contributed by atoms with Crippen molar-refractivity contribution >= 4 is 0 Å². The first-order valence-electron chi connectivity index (χ1n) is 7.05. The molecule has 0 bridgehead atoms. The Kier molecular flexibility index (Phi) is 4.32. The van der Waals surface area contributed by atoms with Crippen LogP contribution in [0.5, 0.6) is 0 Å². The van der Waals surface area contributed by atoms with Crippen molar-refractivity contribution in [3.63, 3.8) is 0 Å². The molecular weight excluding hydrogens is 230 g/mol. The third kappa shape index (κ3) is 3.67. The van der Waals surface area contributed by atoms with Gasteiger partial charge < -0.3 is 19.5 Å². The fraction of sp³-hybridized carbons (Fsp3) is 1.00. The summed E-state index contributed by atoms with van der Waals surface area (Å²) in [5.74, 6) is 0. The van der Waals surface area contributed by atoms with E-state index in [1.54, 1.807) is 0 Å². The van der Waals surface area contributed by atoms with Crippen molar-refractivity contribution in [3.05, 3.63) is 0 Å². The van der Waals surface area contributed by atoms with E-state index < -0.39 is 5.60 Å². The zero-order chi connectivity index (χ0) is 13.2. The molecule has 0 aromatic rings. The Morgan fingerprint density at radius 3 is 2.56 bits per heavy atom. The molecule has 0 aliphatic carbocycles. The molecule has 1 unspecified atom stereocenters. The van der Waals surface area contributed by atoms with Crippen molar-refractivity contribution in [2.24, 2.45) is 0 Å². The van der Waals surface area contributed by atoms with Gasteiger partial charge in [-0.3, -0.25) is 0 Å². The van der Waals surface area contributed by atoms with Crippen LogP contribution in [-0.4, -0.2) is 60.7 Å². The second kappa shape index (κ2) is 5.45. The van der Waals surface area contributed by atoms with E-state index >= 15 is 0 Å². The summed E-state index contributed by atoms with van der Waals surface area (Å²) in [5.41, 5.74) is -0.592. The van der Waals surface area contributed by atoms with E-state index in [1.807, 2.05) is 13.8 Å². The third-order valence-electron chi connectivity index (χ3n) is 4.13. The minimum atomic E-state index is -0.629. The van der Waals surface area contributed by atoms with Gasteiger partial charge in [0.15, 0.2) is 0 Å². The number of rotatable bonds is 3. The normalized spacial score (nSPS) is 28.8. The van der Waals surface area contributed by atoms with E-state index in [9.17, 15) is 5.11 Å². The van der Waals surface area contributed by atoms with Crippen molar-refractivity contribution in [2.45, 2.75) is 56.8 Å². The lowest BCUT2D eigenvalue weighted by atomic mass is 9.83. The molecule has 4 heteroatoms. The smallest absolute Gasteiger partial charge is 0.0741 e. The standard InChI is InChI=1S/C14H27NO3/c1-13(2,16)11-15(3)12-4-7-18-14(10-12)5-8-17-9-6-14/h12,16H,4-11H2,1-3H3. The fourth-order valence-electron chi connectivity index (χ4n) is 3.21. The number of likely N-dealkylation sites (N-methyl/N-ethyl adjacent to an activating group) is 1. The minimum absolute atomic E-state index is 0.0367. The van der Waals surface area contributed by atoms with E-state index in [4.69, 9.17) is 9.47 Å². The van der Waals surface area contributed by atoms with Crippen LogP contribution in [0, 0.1) is 0 Å². The molecule has 2 rings (SSSR count). The maximum atomic E-state index is 9.93. The molecular formula is C14H27NO3. The summed E-state index contributed by atoms with van der Waals surface area (Å²) >= 11 is 0. The van der Waals surface area contributed by atoms with Gasteiger partial charge in [0.1, 0.15) is 0 Å². The van der Waals surface area contributed by atoms with Gasteiger partial charge in [0, 0.05) is 32.4 Å². The monoisotopic (exact) mass is 257 g/mol. The highest BCUT2D eigenvalue weighted by atomic mass is 16.5. The highest BCUT2D eigenvalue weighted by molar-refractivity contribution is 4.92. The van der Waals surface area contributed by atoms with Gasteiger partial charge in [0.25, 0.3) is 0 Å². The highest BCUT2D eigenvalue weighted by Crippen LogP contribution is 2.35. The Labute approximate surface area is 110 Å². The van der Waals surface area contributed by atoms with E-state index in [0.717, 1.165) is 45.5 Å². The molecule has 1 atom stereocenters. The molecule has 2 fully saturated rings. The molecule has 0 amide bonds. The summed E-state index contributed by atoms with van der Waals surface area (Å²) < 4.78 is 11.5. The van der Waals surface area contributed by atoms with Crippen LogP contribution < -0.4 is 0 Å². The minimum Gasteiger partial charge on any atom is -0.389 e. The third-order valence-corrected chi connectivity index (χ3v) is 4.13. The van der Waals surface area contributed by atoms with Gasteiger partial charge in [-0.15, -0.1) is 0 Å². The maximum absolute atomic E-state index is 9.93. The van der Waals surface area contributed by atoms with Gasteiger partial charge in [-0.25, -0.2) is 0 Å². The summed E-state index contributed by atoms with van der Waals surface area (Å²) in [5, 5.41) is 9.93. The van der Waals surface area contributed by atoms with E-state index in [1.165, 1.54) is 0 Å². The van der Waals surface area contributed by atoms with E-state index in [2.05, 4.69) is 11.9 Å². The number of ether oxygens (including phenoxy) is 2. The van der Waals surface area contributed by atoms with Gasteiger partial charge in [0.05, 0.1) is 11.2 Å². The van der Waals surface area contributed by atoms with Crippen LogP contribution in [0.1, 0.15) is 39.5 Å². The Morgan fingerprint density at radius 1 is 1.28 bits per heavy atom. The molecule has 0 radical (unpaired) electrons. The quantitative estimate of drug-likeness (QED) is 0.830. The fourth-order valence-corrected chi connectivity index (χ4v) is 3.21. The van der Waals surface area contributed by atoms with Crippen molar-refractivity contribution in [1.29, 1.82) is 0 Å². The largest absolute Gasteiger partial charge is 0.389 e. The van der Waals surface area contributed by atoms with E-state index in [0.29, 0.717) is 12.6 Å². The summed E-state index contributed by atoms with van der Waals surface area (Å²) in [4.78, 5) is 2.29. The van der Waals surface area contributed by atoms with Crippen LogP contribution >= 0.6 is 0 Å². The van der Waals surface area contributed by atoms with Crippen LogP contribution in [0.4, 0.5) is 0 Å². The zero-order valence-corrected chi connectivity index (χ0v) is 11.9. The lowest BCUT2D eigenvalue weighted by molar-refractivity contribution is -0.152. The van der Waals surface area contributed by atoms with Crippen LogP contribution in [0.2, 0.25) is 0 Å². The Hall–Kier alpha value is -0.160. The van der Waals surface area contributed by atoms with Crippen molar-refractivity contribution < 1.29 is 14.6 Å². The van der Waals surface area contributed by atoms with Gasteiger partial charge in [0.2, 0.25) is 0 Å². The molecule has 2 heterocycles. The van der Waals surface area contributed by atoms with Crippen LogP contribution in [0.15, 0.2) is 0 Å². The predicted octanol–water partition coefficient (Wildman–Crippen LogP) is 1.42. The molecule has 2 aliphatic rings. The lowest BCUT2D eigenvalue weighted by Crippen LogP contribution is -2.52. The predicted molar refractivity (Wildman–Crippen MR) is 70.7 cm³/mol. The molecule has 2 aliphatic heterocycles. The Bertz CT molecular complexity index is 263. The number of nitrogens with zero attached hydrogens (tertiary/aromatic N) is 1. The maximum Gasteiger partial charge on any atom is 0.0741 e. The lowest BCUT2D eigenvalue weighted by Gasteiger charge is -2.46. The van der Waals surface area contributed by atoms with Gasteiger partial charge in [-0.2, -0.15) is 0 Å². The first kappa shape index (κ1) is 14.3. The van der Waals surface area contributed by atoms with Crippen molar-refractivity contribution in [3.8, 4) is 0 Å². The molecule has 106 valence electrons. The topological polar surface area (TPSA) is 41.9 Å². The summed E-state index contributed by atoms with van der Waals surface area (Å²) in [6, 6.07) is 0.517. The average Bonchev–Trinajstić information content (AvgIpc) is 2.28. The molecule has 0 aromatic carbocycles. The zero-order valence-electron chi connectivity index (χ0n) is 11.9. The Balaban J connectivity index is 1.93. The summed E-state index contributed by atoms with van der Waals surface area (Å²) in [6.07, 6.45) is 4.16. The molecule has 0 saturated carbocycles. The second-order valence-corrected chi connectivity index (χ2v) is 6.52. The molecule has 2 saturated heterocycles. The van der Waals surface area contributed by atoms with Gasteiger partial charge in [-0.1, -0.05) is 0 Å². The first-order chi connectivity index (χ1) is 8.40.